The van der Waals surface area contributed by atoms with Gasteiger partial charge >= 0.3 is 0 Å². The molecule has 0 radical (unpaired) electrons. The maximum absolute atomic E-state index is 13.0. The van der Waals surface area contributed by atoms with Gasteiger partial charge in [-0.2, -0.15) is 0 Å². The highest BCUT2D eigenvalue weighted by atomic mass is 32.2. The van der Waals surface area contributed by atoms with Gasteiger partial charge in [-0.3, -0.25) is 9.52 Å². The zero-order valence-electron chi connectivity index (χ0n) is 18.7. The molecule has 2 heterocycles. The van der Waals surface area contributed by atoms with Gasteiger partial charge in [0.1, 0.15) is 19.3 Å². The lowest BCUT2D eigenvalue weighted by Gasteiger charge is -2.23. The number of nitrogens with zero attached hydrogens (tertiary/aromatic N) is 1. The summed E-state index contributed by atoms with van der Waals surface area (Å²) in [5.41, 5.74) is 3.27. The highest BCUT2D eigenvalue weighted by molar-refractivity contribution is 7.92. The fourth-order valence-electron chi connectivity index (χ4n) is 4.15. The van der Waals surface area contributed by atoms with Crippen LogP contribution in [0.2, 0.25) is 0 Å². The SMILES string of the molecule is CC(Nc1ccc(NS(=O)(=O)c2ccc3c(c2)OCCO3)cc1)C(=O)N1CCc2ccccc21. The van der Waals surface area contributed by atoms with Gasteiger partial charge in [0.15, 0.2) is 11.5 Å². The van der Waals surface area contributed by atoms with Crippen LogP contribution in [-0.2, 0) is 21.2 Å². The standard InChI is InChI=1S/C25H25N3O5S/c1-17(25(29)28-13-12-18-4-2-3-5-22(18)28)26-19-6-8-20(9-7-19)27-34(30,31)21-10-11-23-24(16-21)33-15-14-32-23/h2-11,16-17,26-27H,12-15H2,1H3. The molecular formula is C25H25N3O5S. The smallest absolute Gasteiger partial charge is 0.262 e. The minimum atomic E-state index is -3.80. The van der Waals surface area contributed by atoms with Crippen molar-refractivity contribution in [2.75, 3.05) is 34.7 Å². The Bertz CT molecular complexity index is 1320. The molecule has 2 aliphatic rings. The van der Waals surface area contributed by atoms with Crippen LogP contribution in [0.5, 0.6) is 11.5 Å². The largest absolute Gasteiger partial charge is 0.486 e. The van der Waals surface area contributed by atoms with E-state index in [1.165, 1.54) is 17.7 Å². The average molecular weight is 480 g/mol. The number of rotatable bonds is 6. The first-order valence-electron chi connectivity index (χ1n) is 11.1. The number of sulfonamides is 1. The summed E-state index contributed by atoms with van der Waals surface area (Å²) in [5.74, 6) is 0.933. The summed E-state index contributed by atoms with van der Waals surface area (Å²) in [6.07, 6.45) is 0.854. The Morgan fingerprint density at radius 1 is 0.941 bits per heavy atom. The van der Waals surface area contributed by atoms with E-state index in [4.69, 9.17) is 9.47 Å². The predicted molar refractivity (Wildman–Crippen MR) is 130 cm³/mol. The van der Waals surface area contributed by atoms with Crippen molar-refractivity contribution in [3.8, 4) is 11.5 Å². The number of fused-ring (bicyclic) bond motifs is 2. The second-order valence-corrected chi connectivity index (χ2v) is 9.91. The molecular weight excluding hydrogens is 454 g/mol. The zero-order chi connectivity index (χ0) is 23.7. The van der Waals surface area contributed by atoms with Gasteiger partial charge in [-0.25, -0.2) is 8.42 Å². The van der Waals surface area contributed by atoms with E-state index < -0.39 is 16.1 Å². The van der Waals surface area contributed by atoms with Crippen LogP contribution in [0.3, 0.4) is 0 Å². The van der Waals surface area contributed by atoms with Gasteiger partial charge < -0.3 is 19.7 Å². The number of hydrogen-bond donors (Lipinski definition) is 2. The van der Waals surface area contributed by atoms with Gasteiger partial charge in [-0.15, -0.1) is 0 Å². The minimum absolute atomic E-state index is 0.00617. The van der Waals surface area contributed by atoms with Crippen LogP contribution in [0.15, 0.2) is 71.6 Å². The third-order valence-electron chi connectivity index (χ3n) is 5.87. The zero-order valence-corrected chi connectivity index (χ0v) is 19.5. The van der Waals surface area contributed by atoms with Crippen LogP contribution in [0.4, 0.5) is 17.1 Å². The molecule has 2 aliphatic heterocycles. The van der Waals surface area contributed by atoms with Crippen molar-refractivity contribution in [1.29, 1.82) is 0 Å². The molecule has 5 rings (SSSR count). The highest BCUT2D eigenvalue weighted by Gasteiger charge is 2.27. The van der Waals surface area contributed by atoms with Crippen LogP contribution in [0, 0.1) is 0 Å². The van der Waals surface area contributed by atoms with E-state index in [0.717, 1.165) is 17.8 Å². The first kappa shape index (κ1) is 22.1. The summed E-state index contributed by atoms with van der Waals surface area (Å²) in [4.78, 5) is 14.9. The number of nitrogens with one attached hydrogen (secondary N) is 2. The van der Waals surface area contributed by atoms with Gasteiger partial charge in [0.2, 0.25) is 5.91 Å². The molecule has 8 nitrogen and oxygen atoms in total. The quantitative estimate of drug-likeness (QED) is 0.560. The van der Waals surface area contributed by atoms with E-state index >= 15 is 0 Å². The molecule has 1 amide bonds. The van der Waals surface area contributed by atoms with Crippen molar-refractivity contribution in [3.63, 3.8) is 0 Å². The van der Waals surface area contributed by atoms with E-state index in [2.05, 4.69) is 10.0 Å². The molecule has 9 heteroatoms. The normalized spacial score (nSPS) is 15.4. The first-order valence-corrected chi connectivity index (χ1v) is 12.6. The van der Waals surface area contributed by atoms with Crippen LogP contribution in [0.1, 0.15) is 12.5 Å². The Morgan fingerprint density at radius 3 is 2.44 bits per heavy atom. The molecule has 0 aliphatic carbocycles. The average Bonchev–Trinajstić information content (AvgIpc) is 3.28. The Morgan fingerprint density at radius 2 is 1.65 bits per heavy atom. The number of benzene rings is 3. The van der Waals surface area contributed by atoms with Crippen LogP contribution < -0.4 is 24.4 Å². The molecule has 176 valence electrons. The lowest BCUT2D eigenvalue weighted by Crippen LogP contribution is -2.40. The number of anilines is 3. The van der Waals surface area contributed by atoms with Gasteiger partial charge in [-0.05, 0) is 61.4 Å². The monoisotopic (exact) mass is 479 g/mol. The molecule has 3 aromatic rings. The third kappa shape index (κ3) is 4.38. The molecule has 0 spiro atoms. The molecule has 3 aromatic carbocycles. The van der Waals surface area contributed by atoms with Gasteiger partial charge in [0.05, 0.1) is 4.90 Å². The maximum atomic E-state index is 13.0. The Hall–Kier alpha value is -3.72. The van der Waals surface area contributed by atoms with Crippen LogP contribution in [-0.4, -0.2) is 40.1 Å². The molecule has 0 saturated carbocycles. The summed E-state index contributed by atoms with van der Waals surface area (Å²) in [6, 6.07) is 18.8. The number of carbonyl (C=O) groups is 1. The molecule has 34 heavy (non-hydrogen) atoms. The number of para-hydroxylation sites is 1. The van der Waals surface area contributed by atoms with Crippen molar-refractivity contribution in [2.24, 2.45) is 0 Å². The minimum Gasteiger partial charge on any atom is -0.486 e. The van der Waals surface area contributed by atoms with Gasteiger partial charge in [0, 0.05) is 29.7 Å². The highest BCUT2D eigenvalue weighted by Crippen LogP contribution is 2.33. The predicted octanol–water partition coefficient (Wildman–Crippen LogP) is 3.65. The lowest BCUT2D eigenvalue weighted by molar-refractivity contribution is -0.118. The summed E-state index contributed by atoms with van der Waals surface area (Å²) >= 11 is 0. The van der Waals surface area contributed by atoms with Crippen LogP contribution >= 0.6 is 0 Å². The summed E-state index contributed by atoms with van der Waals surface area (Å²) in [7, 11) is -3.80. The second-order valence-electron chi connectivity index (χ2n) is 8.22. The summed E-state index contributed by atoms with van der Waals surface area (Å²) < 4.78 is 39.1. The Kier molecular flexibility index (Phi) is 5.79. The van der Waals surface area contributed by atoms with E-state index in [9.17, 15) is 13.2 Å². The Balaban J connectivity index is 1.24. The first-order chi connectivity index (χ1) is 16.4. The number of carbonyl (C=O) groups excluding carboxylic acids is 1. The van der Waals surface area contributed by atoms with Gasteiger partial charge in [-0.1, -0.05) is 18.2 Å². The fraction of sp³-hybridized carbons (Fsp3) is 0.240. The van der Waals surface area contributed by atoms with Crippen molar-refractivity contribution >= 4 is 33.0 Å². The van der Waals surface area contributed by atoms with E-state index in [1.54, 1.807) is 30.3 Å². The van der Waals surface area contributed by atoms with Gasteiger partial charge in [0.25, 0.3) is 10.0 Å². The van der Waals surface area contributed by atoms with E-state index in [0.29, 0.717) is 36.9 Å². The molecule has 0 aromatic heterocycles. The van der Waals surface area contributed by atoms with Crippen molar-refractivity contribution in [3.05, 3.63) is 72.3 Å². The summed E-state index contributed by atoms with van der Waals surface area (Å²) in [6.45, 7) is 3.31. The molecule has 0 bridgehead atoms. The Labute approximate surface area is 198 Å². The number of ether oxygens (including phenoxy) is 2. The third-order valence-corrected chi connectivity index (χ3v) is 7.25. The van der Waals surface area contributed by atoms with Crippen molar-refractivity contribution in [1.82, 2.24) is 0 Å². The fourth-order valence-corrected chi connectivity index (χ4v) is 5.23. The number of hydrogen-bond acceptors (Lipinski definition) is 6. The van der Waals surface area contributed by atoms with E-state index in [-0.39, 0.29) is 10.8 Å². The summed E-state index contributed by atoms with van der Waals surface area (Å²) in [5, 5.41) is 3.21. The lowest BCUT2D eigenvalue weighted by atomic mass is 10.2. The topological polar surface area (TPSA) is 97.0 Å². The maximum Gasteiger partial charge on any atom is 0.262 e. The molecule has 0 saturated heterocycles. The van der Waals surface area contributed by atoms with Crippen molar-refractivity contribution in [2.45, 2.75) is 24.3 Å². The second kappa shape index (κ2) is 8.90. The number of amides is 1. The molecule has 2 N–H and O–H groups in total. The van der Waals surface area contributed by atoms with Crippen molar-refractivity contribution < 1.29 is 22.7 Å². The molecule has 0 fully saturated rings. The van der Waals surface area contributed by atoms with Crippen LogP contribution in [0.25, 0.3) is 0 Å². The van der Waals surface area contributed by atoms with E-state index in [1.807, 2.05) is 36.1 Å². The molecule has 1 unspecified atom stereocenters. The molecule has 1 atom stereocenters.